The highest BCUT2D eigenvalue weighted by atomic mass is 35.5. The average Bonchev–Trinajstić information content (AvgIpc) is 2.89. The van der Waals surface area contributed by atoms with E-state index in [1.165, 1.54) is 4.90 Å². The van der Waals surface area contributed by atoms with Crippen molar-refractivity contribution in [3.63, 3.8) is 0 Å². The Morgan fingerprint density at radius 1 is 1.46 bits per heavy atom. The Morgan fingerprint density at radius 3 is 2.71 bits per heavy atom. The van der Waals surface area contributed by atoms with Crippen LogP contribution in [0, 0.1) is 0 Å². The lowest BCUT2D eigenvalue weighted by Crippen LogP contribution is -2.61. The number of carbonyl (C=O) groups excluding carboxylic acids is 1. The molecule has 2 amide bonds. The molecule has 1 aromatic rings. The van der Waals surface area contributed by atoms with Gasteiger partial charge in [-0.3, -0.25) is 4.79 Å². The van der Waals surface area contributed by atoms with Gasteiger partial charge in [0.2, 0.25) is 0 Å². The van der Waals surface area contributed by atoms with E-state index in [4.69, 9.17) is 11.6 Å². The van der Waals surface area contributed by atoms with Crippen molar-refractivity contribution in [3.8, 4) is 0 Å². The summed E-state index contributed by atoms with van der Waals surface area (Å²) in [7, 11) is 0. The minimum Gasteiger partial charge on any atom is -0.465 e. The molecule has 0 aliphatic carbocycles. The normalized spacial score (nSPS) is 21.1. The van der Waals surface area contributed by atoms with Gasteiger partial charge in [0, 0.05) is 31.2 Å². The molecule has 1 aromatic heterocycles. The molecule has 1 saturated heterocycles. The molecule has 2 heterocycles. The van der Waals surface area contributed by atoms with Crippen molar-refractivity contribution in [1.82, 2.24) is 25.5 Å². The van der Waals surface area contributed by atoms with Crippen LogP contribution in [-0.2, 0) is 6.42 Å². The number of nitrogens with one attached hydrogen (secondary N) is 3. The molecule has 0 radical (unpaired) electrons. The van der Waals surface area contributed by atoms with Crippen LogP contribution in [0.1, 0.15) is 43.5 Å². The van der Waals surface area contributed by atoms with Gasteiger partial charge in [-0.25, -0.2) is 9.78 Å². The van der Waals surface area contributed by atoms with E-state index in [2.05, 4.69) is 20.6 Å². The number of H-pyrrole nitrogens is 1. The van der Waals surface area contributed by atoms with Crippen molar-refractivity contribution in [1.29, 1.82) is 0 Å². The molecule has 1 aliphatic heterocycles. The molecule has 24 heavy (non-hydrogen) atoms. The minimum absolute atomic E-state index is 0.158. The fourth-order valence-corrected chi connectivity index (χ4v) is 3.13. The van der Waals surface area contributed by atoms with Crippen LogP contribution in [0.15, 0.2) is 0 Å². The third-order valence-corrected chi connectivity index (χ3v) is 4.36. The number of carboxylic acid groups (broad SMARTS) is 1. The van der Waals surface area contributed by atoms with Gasteiger partial charge < -0.3 is 25.6 Å². The fraction of sp³-hybridized carbons (Fsp3) is 0.667. The van der Waals surface area contributed by atoms with Crippen LogP contribution in [0.5, 0.6) is 0 Å². The van der Waals surface area contributed by atoms with Crippen LogP contribution in [0.25, 0.3) is 0 Å². The van der Waals surface area contributed by atoms with Gasteiger partial charge in [0.1, 0.15) is 0 Å². The van der Waals surface area contributed by atoms with Crippen LogP contribution < -0.4 is 10.6 Å². The van der Waals surface area contributed by atoms with Crippen molar-refractivity contribution in [2.75, 3.05) is 13.1 Å². The summed E-state index contributed by atoms with van der Waals surface area (Å²) in [5.41, 5.74) is 0.722. The van der Waals surface area contributed by atoms with Crippen LogP contribution in [-0.4, -0.2) is 63.2 Å². The second-order valence-corrected chi connectivity index (χ2v) is 6.59. The molecule has 2 atom stereocenters. The Bertz CT molecular complexity index is 604. The number of hydrogen-bond donors (Lipinski definition) is 4. The van der Waals surface area contributed by atoms with E-state index in [-0.39, 0.29) is 29.9 Å². The molecule has 0 saturated carbocycles. The Kier molecular flexibility index (Phi) is 6.06. The highest BCUT2D eigenvalue weighted by Gasteiger charge is 2.33. The number of aromatic amines is 1. The molecule has 2 rings (SSSR count). The van der Waals surface area contributed by atoms with Crippen LogP contribution in [0.2, 0.25) is 5.15 Å². The Morgan fingerprint density at radius 2 is 2.17 bits per heavy atom. The van der Waals surface area contributed by atoms with Gasteiger partial charge in [-0.15, -0.1) is 0 Å². The predicted octanol–water partition coefficient (Wildman–Crippen LogP) is 1.47. The van der Waals surface area contributed by atoms with Crippen LogP contribution >= 0.6 is 11.6 Å². The van der Waals surface area contributed by atoms with Crippen LogP contribution in [0.3, 0.4) is 0 Å². The molecular formula is C15H24ClN5O3. The number of piperidine rings is 1. The summed E-state index contributed by atoms with van der Waals surface area (Å²) in [6.45, 7) is 6.61. The smallest absolute Gasteiger partial charge is 0.407 e. The van der Waals surface area contributed by atoms with Crippen molar-refractivity contribution >= 4 is 23.6 Å². The zero-order valence-electron chi connectivity index (χ0n) is 14.1. The molecule has 0 aromatic carbocycles. The second kappa shape index (κ2) is 7.85. The lowest BCUT2D eigenvalue weighted by molar-refractivity contribution is 0.0856. The maximum absolute atomic E-state index is 12.4. The predicted molar refractivity (Wildman–Crippen MR) is 90.5 cm³/mol. The van der Waals surface area contributed by atoms with Gasteiger partial charge in [0.05, 0.1) is 5.69 Å². The number of amides is 2. The fourth-order valence-electron chi connectivity index (χ4n) is 2.86. The van der Waals surface area contributed by atoms with Gasteiger partial charge in [-0.05, 0) is 12.8 Å². The average molecular weight is 358 g/mol. The van der Waals surface area contributed by atoms with Gasteiger partial charge in [-0.1, -0.05) is 32.4 Å². The number of aryl methyl sites for hydroxylation is 1. The molecule has 4 N–H and O–H groups in total. The number of likely N-dealkylation sites (tertiary alicyclic amines) is 1. The summed E-state index contributed by atoms with van der Waals surface area (Å²) in [6, 6.07) is -0.160. The largest absolute Gasteiger partial charge is 0.465 e. The first-order valence-electron chi connectivity index (χ1n) is 8.11. The standard InChI is InChI=1S/C15H24ClN5O3/c1-4-9-12(16)20-13(18-9)14(22)19-10-5-6-21(15(23)24)7-11(10)17-8(2)3/h8,10-11,17H,4-7H2,1-3H3,(H,18,20)(H,19,22)(H,23,24)/t10-,11+/m1/s1. The first-order valence-corrected chi connectivity index (χ1v) is 8.48. The lowest BCUT2D eigenvalue weighted by Gasteiger charge is -2.38. The van der Waals surface area contributed by atoms with E-state index in [0.717, 1.165) is 5.69 Å². The van der Waals surface area contributed by atoms with Crippen molar-refractivity contribution in [2.24, 2.45) is 0 Å². The molecule has 0 bridgehead atoms. The molecule has 0 spiro atoms. The summed E-state index contributed by atoms with van der Waals surface area (Å²) >= 11 is 5.98. The molecule has 1 aliphatic rings. The third-order valence-electron chi connectivity index (χ3n) is 4.04. The van der Waals surface area contributed by atoms with E-state index < -0.39 is 6.09 Å². The third kappa shape index (κ3) is 4.39. The van der Waals surface area contributed by atoms with Crippen LogP contribution in [0.4, 0.5) is 4.79 Å². The summed E-state index contributed by atoms with van der Waals surface area (Å²) in [4.78, 5) is 31.9. The molecule has 1 fully saturated rings. The molecule has 8 nitrogen and oxygen atoms in total. The maximum atomic E-state index is 12.4. The SMILES string of the molecule is CCc1[nH]c(C(=O)N[C@@H]2CCN(C(=O)O)C[C@@H]2NC(C)C)nc1Cl. The van der Waals surface area contributed by atoms with E-state index in [9.17, 15) is 14.7 Å². The Hall–Kier alpha value is -1.80. The monoisotopic (exact) mass is 357 g/mol. The Labute approximate surface area is 146 Å². The van der Waals surface area contributed by atoms with Gasteiger partial charge in [0.15, 0.2) is 11.0 Å². The zero-order valence-corrected chi connectivity index (χ0v) is 14.9. The number of hydrogen-bond acceptors (Lipinski definition) is 4. The van der Waals surface area contributed by atoms with Crippen molar-refractivity contribution < 1.29 is 14.7 Å². The summed E-state index contributed by atoms with van der Waals surface area (Å²) in [5, 5.41) is 15.7. The first-order chi connectivity index (χ1) is 11.3. The van der Waals surface area contributed by atoms with E-state index in [1.807, 2.05) is 20.8 Å². The molecule has 134 valence electrons. The van der Waals surface area contributed by atoms with Crippen molar-refractivity contribution in [3.05, 3.63) is 16.7 Å². The minimum atomic E-state index is -0.944. The number of halogens is 1. The van der Waals surface area contributed by atoms with E-state index >= 15 is 0 Å². The molecular weight excluding hydrogens is 334 g/mol. The number of imidazole rings is 1. The number of aromatic nitrogens is 2. The highest BCUT2D eigenvalue weighted by molar-refractivity contribution is 6.30. The summed E-state index contributed by atoms with van der Waals surface area (Å²) in [5.74, 6) is -0.151. The highest BCUT2D eigenvalue weighted by Crippen LogP contribution is 2.15. The van der Waals surface area contributed by atoms with Gasteiger partial charge >= 0.3 is 6.09 Å². The molecule has 9 heteroatoms. The Balaban J connectivity index is 2.07. The number of carbonyl (C=O) groups is 2. The van der Waals surface area contributed by atoms with E-state index in [0.29, 0.717) is 31.1 Å². The molecule has 0 unspecified atom stereocenters. The van der Waals surface area contributed by atoms with Gasteiger partial charge in [0.25, 0.3) is 5.91 Å². The quantitative estimate of drug-likeness (QED) is 0.638. The van der Waals surface area contributed by atoms with Crippen molar-refractivity contribution in [2.45, 2.75) is 51.7 Å². The number of rotatable bonds is 5. The summed E-state index contributed by atoms with van der Waals surface area (Å²) in [6.07, 6.45) is 0.256. The lowest BCUT2D eigenvalue weighted by atomic mass is 9.98. The van der Waals surface area contributed by atoms with Gasteiger partial charge in [-0.2, -0.15) is 0 Å². The second-order valence-electron chi connectivity index (χ2n) is 6.23. The van der Waals surface area contributed by atoms with E-state index in [1.54, 1.807) is 0 Å². The number of nitrogens with zero attached hydrogens (tertiary/aromatic N) is 2. The zero-order chi connectivity index (χ0) is 17.9. The first kappa shape index (κ1) is 18.5. The topological polar surface area (TPSA) is 110 Å². The maximum Gasteiger partial charge on any atom is 0.407 e. The summed E-state index contributed by atoms with van der Waals surface area (Å²) < 4.78 is 0.